The molecule has 1 heterocycles. The van der Waals surface area contributed by atoms with E-state index >= 15 is 0 Å². The number of hydrogen-bond donors (Lipinski definition) is 0. The van der Waals surface area contributed by atoms with Gasteiger partial charge in [0, 0.05) is 10.4 Å². The van der Waals surface area contributed by atoms with Crippen molar-refractivity contribution in [2.75, 3.05) is 0 Å². The highest BCUT2D eigenvalue weighted by molar-refractivity contribution is 7.14. The van der Waals surface area contributed by atoms with Gasteiger partial charge in [-0.25, -0.2) is 0 Å². The molecule has 0 saturated heterocycles. The Morgan fingerprint density at radius 2 is 2.00 bits per heavy atom. The molecule has 1 aromatic heterocycles. The molecule has 1 aliphatic rings. The molecule has 110 valence electrons. The summed E-state index contributed by atoms with van der Waals surface area (Å²) in [7, 11) is 0. The molecule has 0 spiro atoms. The maximum atomic E-state index is 12.3. The Hall–Kier alpha value is -1.82. The highest BCUT2D eigenvalue weighted by Crippen LogP contribution is 2.32. The van der Waals surface area contributed by atoms with Crippen LogP contribution in [0, 0.1) is 0 Å². The molecular formula is C15H11F3O2S. The van der Waals surface area contributed by atoms with Crippen molar-refractivity contribution >= 4 is 17.1 Å². The molecule has 1 aromatic carbocycles. The SMILES string of the molecule is O=C(c1cccc(OC(F)(F)F)c1)c1cc2c(s1)CCC2. The quantitative estimate of drug-likeness (QED) is 0.787. The summed E-state index contributed by atoms with van der Waals surface area (Å²) in [5.41, 5.74) is 1.39. The molecular weight excluding hydrogens is 301 g/mol. The average Bonchev–Trinajstić information content (AvgIpc) is 2.96. The van der Waals surface area contributed by atoms with Crippen LogP contribution in [-0.4, -0.2) is 12.1 Å². The first-order valence-electron chi connectivity index (χ1n) is 6.44. The molecule has 1 aliphatic carbocycles. The summed E-state index contributed by atoms with van der Waals surface area (Å²) in [5.74, 6) is -0.639. The van der Waals surface area contributed by atoms with Gasteiger partial charge in [-0.3, -0.25) is 4.79 Å². The van der Waals surface area contributed by atoms with E-state index in [1.165, 1.54) is 40.0 Å². The lowest BCUT2D eigenvalue weighted by atomic mass is 10.1. The van der Waals surface area contributed by atoms with Crippen molar-refractivity contribution in [3.05, 3.63) is 51.2 Å². The Bertz CT molecular complexity index is 667. The molecule has 6 heteroatoms. The van der Waals surface area contributed by atoms with Crippen LogP contribution in [0.2, 0.25) is 0 Å². The van der Waals surface area contributed by atoms with Crippen molar-refractivity contribution in [3.8, 4) is 5.75 Å². The van der Waals surface area contributed by atoms with Crippen LogP contribution in [0.4, 0.5) is 13.2 Å². The summed E-state index contributed by atoms with van der Waals surface area (Å²) in [6.07, 6.45) is -1.71. The molecule has 0 radical (unpaired) electrons. The van der Waals surface area contributed by atoms with Crippen LogP contribution in [0.5, 0.6) is 5.75 Å². The standard InChI is InChI=1S/C15H11F3O2S/c16-15(17,18)20-11-5-1-4-10(7-11)14(19)13-8-9-3-2-6-12(9)21-13/h1,4-5,7-8H,2-3,6H2. The maximum absolute atomic E-state index is 12.3. The van der Waals surface area contributed by atoms with E-state index in [0.717, 1.165) is 25.3 Å². The minimum absolute atomic E-state index is 0.205. The fraction of sp³-hybridized carbons (Fsp3) is 0.267. The maximum Gasteiger partial charge on any atom is 0.573 e. The van der Waals surface area contributed by atoms with Crippen LogP contribution < -0.4 is 4.74 Å². The predicted octanol–water partition coefficient (Wildman–Crippen LogP) is 4.37. The van der Waals surface area contributed by atoms with Crippen molar-refractivity contribution in [3.63, 3.8) is 0 Å². The molecule has 0 aliphatic heterocycles. The Balaban J connectivity index is 1.85. The van der Waals surface area contributed by atoms with E-state index < -0.39 is 6.36 Å². The van der Waals surface area contributed by atoms with Crippen LogP contribution in [0.15, 0.2) is 30.3 Å². The smallest absolute Gasteiger partial charge is 0.406 e. The molecule has 0 saturated carbocycles. The van der Waals surface area contributed by atoms with Crippen LogP contribution in [0.25, 0.3) is 0 Å². The van der Waals surface area contributed by atoms with E-state index in [0.29, 0.717) is 4.88 Å². The third-order valence-electron chi connectivity index (χ3n) is 3.30. The van der Waals surface area contributed by atoms with Crippen LogP contribution in [-0.2, 0) is 12.8 Å². The van der Waals surface area contributed by atoms with Gasteiger partial charge in [0.2, 0.25) is 5.78 Å². The van der Waals surface area contributed by atoms with Crippen LogP contribution >= 0.6 is 11.3 Å². The summed E-state index contributed by atoms with van der Waals surface area (Å²) in [6.45, 7) is 0. The van der Waals surface area contributed by atoms with E-state index in [2.05, 4.69) is 4.74 Å². The zero-order chi connectivity index (χ0) is 15.0. The van der Waals surface area contributed by atoms with Gasteiger partial charge in [-0.05, 0) is 43.0 Å². The number of thiophene rings is 1. The number of ether oxygens (including phenoxy) is 1. The van der Waals surface area contributed by atoms with Gasteiger partial charge in [-0.2, -0.15) is 0 Å². The molecule has 3 rings (SSSR count). The van der Waals surface area contributed by atoms with E-state index in [1.54, 1.807) is 0 Å². The van der Waals surface area contributed by atoms with Crippen molar-refractivity contribution in [1.82, 2.24) is 0 Å². The van der Waals surface area contributed by atoms with Crippen molar-refractivity contribution in [1.29, 1.82) is 0 Å². The molecule has 0 fully saturated rings. The normalized spacial score (nSPS) is 14.0. The van der Waals surface area contributed by atoms with Crippen LogP contribution in [0.1, 0.15) is 32.1 Å². The van der Waals surface area contributed by atoms with Gasteiger partial charge >= 0.3 is 6.36 Å². The van der Waals surface area contributed by atoms with Crippen LogP contribution in [0.3, 0.4) is 0 Å². The minimum Gasteiger partial charge on any atom is -0.406 e. The van der Waals surface area contributed by atoms with Gasteiger partial charge < -0.3 is 4.74 Å². The Labute approximate surface area is 123 Å². The number of alkyl halides is 3. The number of ketones is 1. The second kappa shape index (κ2) is 5.18. The zero-order valence-electron chi connectivity index (χ0n) is 10.9. The summed E-state index contributed by atoms with van der Waals surface area (Å²) < 4.78 is 40.4. The lowest BCUT2D eigenvalue weighted by Gasteiger charge is -2.09. The van der Waals surface area contributed by atoms with Gasteiger partial charge in [0.05, 0.1) is 4.88 Å². The first-order chi connectivity index (χ1) is 9.92. The Kier molecular flexibility index (Phi) is 3.49. The largest absolute Gasteiger partial charge is 0.573 e. The topological polar surface area (TPSA) is 26.3 Å². The summed E-state index contributed by atoms with van der Waals surface area (Å²) in [6, 6.07) is 7.04. The highest BCUT2D eigenvalue weighted by Gasteiger charge is 2.31. The number of rotatable bonds is 3. The monoisotopic (exact) mass is 312 g/mol. The van der Waals surface area contributed by atoms with Gasteiger partial charge in [0.25, 0.3) is 0 Å². The lowest BCUT2D eigenvalue weighted by molar-refractivity contribution is -0.274. The second-order valence-electron chi connectivity index (χ2n) is 4.82. The lowest BCUT2D eigenvalue weighted by Crippen LogP contribution is -2.17. The molecule has 0 N–H and O–H groups in total. The molecule has 0 atom stereocenters. The number of hydrogen-bond acceptors (Lipinski definition) is 3. The Morgan fingerprint density at radius 3 is 2.71 bits per heavy atom. The number of benzene rings is 1. The molecule has 2 nitrogen and oxygen atoms in total. The van der Waals surface area contributed by atoms with E-state index in [4.69, 9.17) is 0 Å². The average molecular weight is 312 g/mol. The summed E-state index contributed by atoms with van der Waals surface area (Å²) in [4.78, 5) is 14.1. The van der Waals surface area contributed by atoms with Gasteiger partial charge in [-0.15, -0.1) is 24.5 Å². The molecule has 0 unspecified atom stereocenters. The zero-order valence-corrected chi connectivity index (χ0v) is 11.7. The van der Waals surface area contributed by atoms with Gasteiger partial charge in [0.15, 0.2) is 0 Å². The molecule has 0 bridgehead atoms. The number of fused-ring (bicyclic) bond motifs is 1. The predicted molar refractivity (Wildman–Crippen MR) is 72.9 cm³/mol. The number of aryl methyl sites for hydroxylation is 2. The molecule has 21 heavy (non-hydrogen) atoms. The fourth-order valence-electron chi connectivity index (χ4n) is 2.42. The Morgan fingerprint density at radius 1 is 1.19 bits per heavy atom. The van der Waals surface area contributed by atoms with E-state index in [1.807, 2.05) is 6.07 Å². The number of carbonyl (C=O) groups excluding carboxylic acids is 1. The number of carbonyl (C=O) groups is 1. The van der Waals surface area contributed by atoms with E-state index in [9.17, 15) is 18.0 Å². The van der Waals surface area contributed by atoms with Gasteiger partial charge in [0.1, 0.15) is 5.75 Å². The fourth-order valence-corrected chi connectivity index (χ4v) is 3.63. The van der Waals surface area contributed by atoms with Gasteiger partial charge in [-0.1, -0.05) is 12.1 Å². The summed E-state index contributed by atoms with van der Waals surface area (Å²) >= 11 is 1.43. The van der Waals surface area contributed by atoms with Crippen molar-refractivity contribution in [2.24, 2.45) is 0 Å². The van der Waals surface area contributed by atoms with E-state index in [-0.39, 0.29) is 17.1 Å². The second-order valence-corrected chi connectivity index (χ2v) is 5.95. The van der Waals surface area contributed by atoms with Crippen molar-refractivity contribution in [2.45, 2.75) is 25.6 Å². The third kappa shape index (κ3) is 3.10. The highest BCUT2D eigenvalue weighted by atomic mass is 32.1. The number of halogens is 3. The first-order valence-corrected chi connectivity index (χ1v) is 7.26. The first kappa shape index (κ1) is 14.1. The summed E-state index contributed by atoms with van der Waals surface area (Å²) in [5, 5.41) is 0. The molecule has 2 aromatic rings. The third-order valence-corrected chi connectivity index (χ3v) is 4.54. The van der Waals surface area contributed by atoms with Crippen molar-refractivity contribution < 1.29 is 22.7 Å². The molecule has 0 amide bonds. The minimum atomic E-state index is -4.76.